The molecule has 2 aromatic carbocycles. The van der Waals surface area contributed by atoms with Crippen molar-refractivity contribution < 1.29 is 9.59 Å². The van der Waals surface area contributed by atoms with Gasteiger partial charge in [0.15, 0.2) is 5.78 Å². The molecule has 0 radical (unpaired) electrons. The van der Waals surface area contributed by atoms with Crippen LogP contribution in [-0.4, -0.2) is 21.7 Å². The van der Waals surface area contributed by atoms with Gasteiger partial charge >= 0.3 is 0 Å². The molecule has 0 fully saturated rings. The Morgan fingerprint density at radius 2 is 1.79 bits per heavy atom. The average molecular weight is 367 g/mol. The van der Waals surface area contributed by atoms with E-state index in [-0.39, 0.29) is 11.7 Å². The number of rotatable bonds is 4. The molecule has 0 spiro atoms. The molecule has 0 bridgehead atoms. The van der Waals surface area contributed by atoms with Crippen LogP contribution in [0.1, 0.15) is 27.6 Å². The van der Waals surface area contributed by atoms with Gasteiger partial charge in [0.25, 0.3) is 5.91 Å². The molecule has 0 aliphatic rings. The number of hydrogen-bond acceptors (Lipinski definition) is 4. The summed E-state index contributed by atoms with van der Waals surface area (Å²) < 4.78 is 0. The molecular formula is C23H17N3O2. The quantitative estimate of drug-likeness (QED) is 0.528. The first-order valence-corrected chi connectivity index (χ1v) is 8.84. The predicted molar refractivity (Wildman–Crippen MR) is 109 cm³/mol. The van der Waals surface area contributed by atoms with E-state index >= 15 is 0 Å². The van der Waals surface area contributed by atoms with Crippen LogP contribution < -0.4 is 5.32 Å². The van der Waals surface area contributed by atoms with Gasteiger partial charge in [-0.15, -0.1) is 0 Å². The lowest BCUT2D eigenvalue weighted by atomic mass is 10.0. The minimum Gasteiger partial charge on any atom is -0.322 e. The fraction of sp³-hybridized carbons (Fsp3) is 0.0435. The summed E-state index contributed by atoms with van der Waals surface area (Å²) in [5.41, 5.74) is 3.87. The zero-order valence-electron chi connectivity index (χ0n) is 15.2. The molecular weight excluding hydrogens is 350 g/mol. The lowest BCUT2D eigenvalue weighted by molar-refractivity contribution is 0.101. The van der Waals surface area contributed by atoms with Crippen LogP contribution in [-0.2, 0) is 0 Å². The average Bonchev–Trinajstić information content (AvgIpc) is 2.73. The normalized spacial score (nSPS) is 10.6. The van der Waals surface area contributed by atoms with Gasteiger partial charge in [-0.1, -0.05) is 30.3 Å². The lowest BCUT2D eigenvalue weighted by Gasteiger charge is -2.11. The third kappa shape index (κ3) is 3.50. The van der Waals surface area contributed by atoms with E-state index in [0.717, 1.165) is 16.5 Å². The molecule has 2 aromatic heterocycles. The maximum absolute atomic E-state index is 13.1. The van der Waals surface area contributed by atoms with Gasteiger partial charge in [-0.25, -0.2) is 4.98 Å². The standard InChI is InChI=1S/C23H17N3O2/c1-15(27)16-6-4-8-18(12-16)25-23(28)20-13-22(17-7-5-11-24-14-17)26-21-10-3-2-9-19(20)21/h2-14H,1H3,(H,25,28). The minimum absolute atomic E-state index is 0.0516. The van der Waals surface area contributed by atoms with Crippen molar-refractivity contribution in [2.75, 3.05) is 5.32 Å². The van der Waals surface area contributed by atoms with Crippen LogP contribution in [0.25, 0.3) is 22.2 Å². The maximum atomic E-state index is 13.1. The van der Waals surface area contributed by atoms with Gasteiger partial charge in [0, 0.05) is 34.6 Å². The van der Waals surface area contributed by atoms with Crippen molar-refractivity contribution in [1.82, 2.24) is 9.97 Å². The first kappa shape index (κ1) is 17.5. The third-order valence-electron chi connectivity index (χ3n) is 4.45. The van der Waals surface area contributed by atoms with Gasteiger partial charge in [0.2, 0.25) is 0 Å². The number of hydrogen-bond donors (Lipinski definition) is 1. The van der Waals surface area contributed by atoms with E-state index in [1.807, 2.05) is 36.4 Å². The molecule has 4 aromatic rings. The maximum Gasteiger partial charge on any atom is 0.256 e. The van der Waals surface area contributed by atoms with Crippen molar-refractivity contribution in [1.29, 1.82) is 0 Å². The third-order valence-corrected chi connectivity index (χ3v) is 4.45. The Balaban J connectivity index is 1.78. The smallest absolute Gasteiger partial charge is 0.256 e. The number of Topliss-reactive ketones (excluding diaryl/α,β-unsaturated/α-hetero) is 1. The van der Waals surface area contributed by atoms with Crippen LogP contribution in [0.3, 0.4) is 0 Å². The fourth-order valence-corrected chi connectivity index (χ4v) is 3.04. The molecule has 0 aliphatic heterocycles. The largest absolute Gasteiger partial charge is 0.322 e. The zero-order chi connectivity index (χ0) is 19.5. The van der Waals surface area contributed by atoms with Crippen LogP contribution in [0.5, 0.6) is 0 Å². The van der Waals surface area contributed by atoms with Crippen molar-refractivity contribution in [3.8, 4) is 11.3 Å². The number of pyridine rings is 2. The number of amides is 1. The van der Waals surface area contributed by atoms with Crippen LogP contribution in [0, 0.1) is 0 Å². The van der Waals surface area contributed by atoms with Gasteiger partial charge in [0.1, 0.15) is 0 Å². The van der Waals surface area contributed by atoms with E-state index < -0.39 is 0 Å². The van der Waals surface area contributed by atoms with Gasteiger partial charge in [-0.2, -0.15) is 0 Å². The molecule has 0 saturated carbocycles. The van der Waals surface area contributed by atoms with Crippen molar-refractivity contribution in [2.24, 2.45) is 0 Å². The molecule has 5 nitrogen and oxygen atoms in total. The highest BCUT2D eigenvalue weighted by molar-refractivity contribution is 6.13. The molecule has 0 aliphatic carbocycles. The number of benzene rings is 2. The van der Waals surface area contributed by atoms with E-state index in [1.165, 1.54) is 6.92 Å². The topological polar surface area (TPSA) is 72.0 Å². The molecule has 28 heavy (non-hydrogen) atoms. The monoisotopic (exact) mass is 367 g/mol. The Hall–Kier alpha value is -3.86. The van der Waals surface area contributed by atoms with Crippen LogP contribution in [0.15, 0.2) is 79.1 Å². The van der Waals surface area contributed by atoms with Crippen LogP contribution >= 0.6 is 0 Å². The lowest BCUT2D eigenvalue weighted by Crippen LogP contribution is -2.13. The molecule has 136 valence electrons. The summed E-state index contributed by atoms with van der Waals surface area (Å²) in [6.45, 7) is 1.50. The number of fused-ring (bicyclic) bond motifs is 1. The first-order chi connectivity index (χ1) is 13.6. The van der Waals surface area contributed by atoms with Crippen LogP contribution in [0.2, 0.25) is 0 Å². The van der Waals surface area contributed by atoms with Gasteiger partial charge in [0.05, 0.1) is 16.8 Å². The Bertz CT molecular complexity index is 1190. The zero-order valence-corrected chi connectivity index (χ0v) is 15.2. The summed E-state index contributed by atoms with van der Waals surface area (Å²) in [4.78, 5) is 33.5. The molecule has 4 rings (SSSR count). The second kappa shape index (κ2) is 7.40. The number of carbonyl (C=O) groups excluding carboxylic acids is 2. The Morgan fingerprint density at radius 3 is 2.57 bits per heavy atom. The number of anilines is 1. The van der Waals surface area contributed by atoms with E-state index in [9.17, 15) is 9.59 Å². The predicted octanol–water partition coefficient (Wildman–Crippen LogP) is 4.75. The summed E-state index contributed by atoms with van der Waals surface area (Å²) in [5, 5.41) is 3.65. The Labute approximate surface area is 162 Å². The second-order valence-electron chi connectivity index (χ2n) is 6.41. The molecule has 0 unspecified atom stereocenters. The minimum atomic E-state index is -0.260. The van der Waals surface area contributed by atoms with E-state index in [1.54, 1.807) is 42.7 Å². The van der Waals surface area contributed by atoms with E-state index in [2.05, 4.69) is 15.3 Å². The summed E-state index contributed by atoms with van der Waals surface area (Å²) in [6.07, 6.45) is 3.41. The first-order valence-electron chi connectivity index (χ1n) is 8.84. The SMILES string of the molecule is CC(=O)c1cccc(NC(=O)c2cc(-c3cccnc3)nc3ccccc23)c1. The van der Waals surface area contributed by atoms with Crippen molar-refractivity contribution >= 4 is 28.3 Å². The van der Waals surface area contributed by atoms with Crippen molar-refractivity contribution in [2.45, 2.75) is 6.92 Å². The highest BCUT2D eigenvalue weighted by atomic mass is 16.1. The number of ketones is 1. The molecule has 2 heterocycles. The number of nitrogens with one attached hydrogen (secondary N) is 1. The van der Waals surface area contributed by atoms with Crippen molar-refractivity contribution in [3.63, 3.8) is 0 Å². The second-order valence-corrected chi connectivity index (χ2v) is 6.41. The van der Waals surface area contributed by atoms with Crippen LogP contribution in [0.4, 0.5) is 5.69 Å². The Morgan fingerprint density at radius 1 is 0.929 bits per heavy atom. The Kier molecular flexibility index (Phi) is 4.64. The summed E-state index contributed by atoms with van der Waals surface area (Å²) in [7, 11) is 0. The molecule has 0 saturated heterocycles. The molecule has 1 N–H and O–H groups in total. The fourth-order valence-electron chi connectivity index (χ4n) is 3.04. The summed E-state index contributed by atoms with van der Waals surface area (Å²) in [5.74, 6) is -0.311. The van der Waals surface area contributed by atoms with Gasteiger partial charge < -0.3 is 5.32 Å². The number of carbonyl (C=O) groups is 2. The molecule has 1 amide bonds. The van der Waals surface area contributed by atoms with Gasteiger partial charge in [-0.3, -0.25) is 14.6 Å². The highest BCUT2D eigenvalue weighted by Gasteiger charge is 2.14. The van der Waals surface area contributed by atoms with E-state index in [4.69, 9.17) is 0 Å². The molecule has 0 atom stereocenters. The number of aromatic nitrogens is 2. The summed E-state index contributed by atoms with van der Waals surface area (Å²) in [6, 6.07) is 19.9. The van der Waals surface area contributed by atoms with Gasteiger partial charge in [-0.05, 0) is 43.3 Å². The summed E-state index contributed by atoms with van der Waals surface area (Å²) >= 11 is 0. The highest BCUT2D eigenvalue weighted by Crippen LogP contribution is 2.25. The molecule has 5 heteroatoms. The number of para-hydroxylation sites is 1. The van der Waals surface area contributed by atoms with Crippen molar-refractivity contribution in [3.05, 3.63) is 90.3 Å². The number of nitrogens with zero attached hydrogens (tertiary/aromatic N) is 2. The van der Waals surface area contributed by atoms with E-state index in [0.29, 0.717) is 22.5 Å².